The zero-order chi connectivity index (χ0) is 13.9. The van der Waals surface area contributed by atoms with Crippen LogP contribution in [0.4, 0.5) is 0 Å². The minimum Gasteiger partial charge on any atom is -0.308 e. The highest BCUT2D eigenvalue weighted by molar-refractivity contribution is 5.54. The Kier molecular flexibility index (Phi) is 3.96. The van der Waals surface area contributed by atoms with Crippen LogP contribution in [0.3, 0.4) is 0 Å². The molecule has 3 heteroatoms. The summed E-state index contributed by atoms with van der Waals surface area (Å²) in [5.74, 6) is 0.777. The van der Waals surface area contributed by atoms with Gasteiger partial charge in [0.1, 0.15) is 0 Å². The van der Waals surface area contributed by atoms with Crippen molar-refractivity contribution in [3.05, 3.63) is 47.8 Å². The number of hydrogen-bond donors (Lipinski definition) is 1. The van der Waals surface area contributed by atoms with Crippen molar-refractivity contribution >= 4 is 0 Å². The van der Waals surface area contributed by atoms with Crippen LogP contribution in [-0.2, 0) is 6.54 Å². The third-order valence-electron chi connectivity index (χ3n) is 2.84. The molecule has 0 bridgehead atoms. The molecule has 0 aliphatic rings. The lowest BCUT2D eigenvalue weighted by Crippen LogP contribution is -2.35. The number of hydrogen-bond acceptors (Lipinski definition) is 3. The first-order chi connectivity index (χ1) is 8.94. The van der Waals surface area contributed by atoms with Gasteiger partial charge in [-0.25, -0.2) is 9.97 Å². The van der Waals surface area contributed by atoms with E-state index in [1.54, 1.807) is 0 Å². The van der Waals surface area contributed by atoms with E-state index in [2.05, 4.69) is 67.2 Å². The van der Waals surface area contributed by atoms with E-state index in [4.69, 9.17) is 0 Å². The highest BCUT2D eigenvalue weighted by atomic mass is 15.0. The van der Waals surface area contributed by atoms with E-state index in [0.717, 1.165) is 23.5 Å². The summed E-state index contributed by atoms with van der Waals surface area (Å²) >= 11 is 0. The second-order valence-corrected chi connectivity index (χ2v) is 5.88. The van der Waals surface area contributed by atoms with Gasteiger partial charge in [0.05, 0.1) is 0 Å². The van der Waals surface area contributed by atoms with Crippen LogP contribution >= 0.6 is 0 Å². The first-order valence-corrected chi connectivity index (χ1v) is 6.57. The van der Waals surface area contributed by atoms with E-state index >= 15 is 0 Å². The second-order valence-electron chi connectivity index (χ2n) is 5.88. The highest BCUT2D eigenvalue weighted by Crippen LogP contribution is 2.15. The van der Waals surface area contributed by atoms with E-state index in [1.807, 2.05) is 12.4 Å². The van der Waals surface area contributed by atoms with Crippen molar-refractivity contribution in [2.45, 2.75) is 39.8 Å². The Morgan fingerprint density at radius 1 is 1.00 bits per heavy atom. The highest BCUT2D eigenvalue weighted by Gasteiger charge is 2.08. The molecule has 19 heavy (non-hydrogen) atoms. The zero-order valence-corrected chi connectivity index (χ0v) is 12.1. The summed E-state index contributed by atoms with van der Waals surface area (Å²) in [6.07, 6.45) is 3.78. The van der Waals surface area contributed by atoms with Crippen molar-refractivity contribution < 1.29 is 0 Å². The van der Waals surface area contributed by atoms with Gasteiger partial charge in [-0.05, 0) is 27.7 Å². The molecule has 2 aromatic rings. The maximum atomic E-state index is 4.43. The van der Waals surface area contributed by atoms with Crippen LogP contribution in [0.5, 0.6) is 0 Å². The van der Waals surface area contributed by atoms with Crippen molar-refractivity contribution in [3.63, 3.8) is 0 Å². The van der Waals surface area contributed by atoms with E-state index in [9.17, 15) is 0 Å². The molecule has 0 saturated carbocycles. The smallest absolute Gasteiger partial charge is 0.159 e. The van der Waals surface area contributed by atoms with Crippen LogP contribution in [-0.4, -0.2) is 15.5 Å². The Hall–Kier alpha value is -1.74. The van der Waals surface area contributed by atoms with Crippen molar-refractivity contribution in [3.8, 4) is 11.4 Å². The maximum Gasteiger partial charge on any atom is 0.159 e. The minimum absolute atomic E-state index is 0.107. The van der Waals surface area contributed by atoms with E-state index in [0.29, 0.717) is 0 Å². The van der Waals surface area contributed by atoms with Crippen molar-refractivity contribution in [2.24, 2.45) is 0 Å². The first kappa shape index (κ1) is 13.7. The molecule has 1 aromatic heterocycles. The molecular formula is C16H21N3. The molecule has 0 fully saturated rings. The van der Waals surface area contributed by atoms with Gasteiger partial charge in [0.2, 0.25) is 0 Å². The van der Waals surface area contributed by atoms with Gasteiger partial charge in [-0.15, -0.1) is 0 Å². The summed E-state index contributed by atoms with van der Waals surface area (Å²) in [4.78, 5) is 8.86. The van der Waals surface area contributed by atoms with Gasteiger partial charge in [0.25, 0.3) is 0 Å². The minimum atomic E-state index is 0.107. The van der Waals surface area contributed by atoms with Crippen LogP contribution in [0.2, 0.25) is 0 Å². The molecule has 1 heterocycles. The van der Waals surface area contributed by atoms with E-state index < -0.39 is 0 Å². The fourth-order valence-electron chi connectivity index (χ4n) is 1.66. The lowest BCUT2D eigenvalue weighted by atomic mass is 10.1. The molecule has 0 amide bonds. The van der Waals surface area contributed by atoms with E-state index in [-0.39, 0.29) is 5.54 Å². The summed E-state index contributed by atoms with van der Waals surface area (Å²) in [6, 6.07) is 8.26. The van der Waals surface area contributed by atoms with Crippen LogP contribution < -0.4 is 5.32 Å². The normalized spacial score (nSPS) is 11.6. The molecule has 0 aliphatic carbocycles. The quantitative estimate of drug-likeness (QED) is 0.914. The maximum absolute atomic E-state index is 4.43. The molecule has 1 aromatic carbocycles. The van der Waals surface area contributed by atoms with Crippen LogP contribution in [0.15, 0.2) is 36.7 Å². The standard InChI is InChI=1S/C16H21N3/c1-12-5-7-14(8-6-12)15-17-9-13(10-18-15)11-19-16(2,3)4/h5-10,19H,11H2,1-4H3. The van der Waals surface area contributed by atoms with Crippen LogP contribution in [0.1, 0.15) is 31.9 Å². The van der Waals surface area contributed by atoms with Gasteiger partial charge in [-0.3, -0.25) is 0 Å². The summed E-state index contributed by atoms with van der Waals surface area (Å²) in [6.45, 7) is 9.31. The van der Waals surface area contributed by atoms with Gasteiger partial charge >= 0.3 is 0 Å². The van der Waals surface area contributed by atoms with Crippen molar-refractivity contribution in [2.75, 3.05) is 0 Å². The number of rotatable bonds is 3. The number of benzene rings is 1. The van der Waals surface area contributed by atoms with Crippen LogP contribution in [0.25, 0.3) is 11.4 Å². The third kappa shape index (κ3) is 4.14. The molecule has 1 N–H and O–H groups in total. The summed E-state index contributed by atoms with van der Waals surface area (Å²) in [5, 5.41) is 3.42. The Balaban J connectivity index is 2.08. The summed E-state index contributed by atoms with van der Waals surface area (Å²) in [5.41, 5.74) is 3.51. The lowest BCUT2D eigenvalue weighted by Gasteiger charge is -2.20. The Morgan fingerprint density at radius 2 is 1.58 bits per heavy atom. The molecule has 2 rings (SSSR count). The third-order valence-corrected chi connectivity index (χ3v) is 2.84. The molecule has 0 saturated heterocycles. The topological polar surface area (TPSA) is 37.8 Å². The second kappa shape index (κ2) is 5.49. The molecule has 100 valence electrons. The average Bonchev–Trinajstić information content (AvgIpc) is 2.37. The predicted octanol–water partition coefficient (Wildman–Crippen LogP) is 3.34. The molecular weight excluding hydrogens is 234 g/mol. The SMILES string of the molecule is Cc1ccc(-c2ncc(CNC(C)(C)C)cn2)cc1. The Morgan fingerprint density at radius 3 is 2.11 bits per heavy atom. The molecule has 0 radical (unpaired) electrons. The van der Waals surface area contributed by atoms with Gasteiger partial charge < -0.3 is 5.32 Å². The average molecular weight is 255 g/mol. The molecule has 0 spiro atoms. The lowest BCUT2D eigenvalue weighted by molar-refractivity contribution is 0.423. The Bertz CT molecular complexity index is 521. The molecule has 3 nitrogen and oxygen atoms in total. The molecule has 0 aliphatic heterocycles. The van der Waals surface area contributed by atoms with Crippen molar-refractivity contribution in [1.82, 2.24) is 15.3 Å². The fraction of sp³-hybridized carbons (Fsp3) is 0.375. The van der Waals surface area contributed by atoms with Gasteiger partial charge in [0, 0.05) is 35.6 Å². The number of nitrogens with one attached hydrogen (secondary N) is 1. The van der Waals surface area contributed by atoms with Gasteiger partial charge in [-0.2, -0.15) is 0 Å². The van der Waals surface area contributed by atoms with Crippen molar-refractivity contribution in [1.29, 1.82) is 0 Å². The number of nitrogens with zero attached hydrogens (tertiary/aromatic N) is 2. The van der Waals surface area contributed by atoms with E-state index in [1.165, 1.54) is 5.56 Å². The number of aromatic nitrogens is 2. The van der Waals surface area contributed by atoms with Gasteiger partial charge in [0.15, 0.2) is 5.82 Å². The zero-order valence-electron chi connectivity index (χ0n) is 12.1. The van der Waals surface area contributed by atoms with Crippen LogP contribution in [0, 0.1) is 6.92 Å². The Labute approximate surface area is 115 Å². The predicted molar refractivity (Wildman–Crippen MR) is 78.8 cm³/mol. The molecule has 0 unspecified atom stereocenters. The molecule has 0 atom stereocenters. The summed E-state index contributed by atoms with van der Waals surface area (Å²) < 4.78 is 0. The number of aryl methyl sites for hydroxylation is 1. The largest absolute Gasteiger partial charge is 0.308 e. The van der Waals surface area contributed by atoms with Gasteiger partial charge in [-0.1, -0.05) is 29.8 Å². The fourth-order valence-corrected chi connectivity index (χ4v) is 1.66. The summed E-state index contributed by atoms with van der Waals surface area (Å²) in [7, 11) is 0. The monoisotopic (exact) mass is 255 g/mol. The first-order valence-electron chi connectivity index (χ1n) is 6.57.